The molecule has 2 aromatic carbocycles. The van der Waals surface area contributed by atoms with Gasteiger partial charge in [-0.1, -0.05) is 35.3 Å². The Morgan fingerprint density at radius 1 is 1.08 bits per heavy atom. The van der Waals surface area contributed by atoms with Crippen LogP contribution in [-0.4, -0.2) is 49.7 Å². The van der Waals surface area contributed by atoms with Crippen molar-refractivity contribution in [3.8, 4) is 11.4 Å². The number of hydrogen-bond donors (Lipinski definition) is 2. The van der Waals surface area contributed by atoms with Crippen LogP contribution in [0.4, 0.5) is 27.6 Å². The van der Waals surface area contributed by atoms with E-state index in [9.17, 15) is 31.9 Å². The average Bonchev–Trinajstić information content (AvgIpc) is 3.36. The molecule has 0 fully saturated rings. The third-order valence-electron chi connectivity index (χ3n) is 5.36. The lowest BCUT2D eigenvalue weighted by atomic mass is 10.2. The number of para-hydroxylation sites is 1. The van der Waals surface area contributed by atoms with Crippen LogP contribution in [0.15, 0.2) is 58.3 Å². The van der Waals surface area contributed by atoms with Gasteiger partial charge in [-0.3, -0.25) is 9.58 Å². The Kier molecular flexibility index (Phi) is 7.34. The van der Waals surface area contributed by atoms with Gasteiger partial charge in [-0.2, -0.15) is 22.0 Å². The Balaban J connectivity index is 1.71. The number of aliphatic imine (C=N–C) groups is 1. The molecule has 198 valence electrons. The second kappa shape index (κ2) is 10.0. The van der Waals surface area contributed by atoms with E-state index < -0.39 is 49.0 Å². The molecule has 0 amide bonds. The van der Waals surface area contributed by atoms with E-state index in [-0.39, 0.29) is 22.1 Å². The molecule has 0 aliphatic carbocycles. The van der Waals surface area contributed by atoms with Crippen molar-refractivity contribution in [1.82, 2.24) is 19.8 Å². The largest absolute Gasteiger partial charge is 0.416 e. The Morgan fingerprint density at radius 3 is 2.32 bits per heavy atom. The average molecular weight is 565 g/mol. The molecular formula is C22H19Cl2F5N6O2. The molecule has 0 spiro atoms. The van der Waals surface area contributed by atoms with Crippen molar-refractivity contribution in [1.29, 1.82) is 0 Å². The quantitative estimate of drug-likeness (QED) is 0.417. The van der Waals surface area contributed by atoms with Crippen molar-refractivity contribution >= 4 is 34.7 Å². The van der Waals surface area contributed by atoms with Gasteiger partial charge in [-0.25, -0.2) is 19.9 Å². The van der Waals surface area contributed by atoms with Crippen LogP contribution in [-0.2, 0) is 13.1 Å². The van der Waals surface area contributed by atoms with Crippen molar-refractivity contribution in [2.24, 2.45) is 4.99 Å². The number of halogens is 7. The monoisotopic (exact) mass is 564 g/mol. The first-order chi connectivity index (χ1) is 17.3. The maximum Gasteiger partial charge on any atom is 0.416 e. The molecule has 2 N–H and O–H groups in total. The Hall–Kier alpha value is -3.00. The van der Waals surface area contributed by atoms with Crippen LogP contribution in [0.5, 0.6) is 0 Å². The van der Waals surface area contributed by atoms with E-state index in [4.69, 9.17) is 23.2 Å². The molecule has 2 heterocycles. The fourth-order valence-electron chi connectivity index (χ4n) is 3.63. The highest BCUT2D eigenvalue weighted by atomic mass is 35.5. The Bertz CT molecular complexity index is 1370. The summed E-state index contributed by atoms with van der Waals surface area (Å²) in [6.07, 6.45) is -8.99. The lowest BCUT2D eigenvalue weighted by molar-refractivity contribution is -0.207. The van der Waals surface area contributed by atoms with Gasteiger partial charge in [0.05, 0.1) is 23.8 Å². The zero-order chi connectivity index (χ0) is 27.1. The molecule has 0 bridgehead atoms. The third kappa shape index (κ3) is 5.79. The van der Waals surface area contributed by atoms with E-state index in [1.54, 1.807) is 12.1 Å². The SMILES string of the molecule is CC(F)(F)C1=NC(Cn2nc(-c3ccc(Cl)cc3)n(C[C@H](O)C(F)(F)F)c2=O)NN1c1ccccc1Cl. The summed E-state index contributed by atoms with van der Waals surface area (Å²) in [6, 6.07) is 11.9. The molecule has 0 saturated heterocycles. The predicted octanol–water partition coefficient (Wildman–Crippen LogP) is 4.35. The lowest BCUT2D eigenvalue weighted by Gasteiger charge is -2.25. The summed E-state index contributed by atoms with van der Waals surface area (Å²) in [5.74, 6) is -4.27. The van der Waals surface area contributed by atoms with E-state index >= 15 is 0 Å². The van der Waals surface area contributed by atoms with Gasteiger partial charge < -0.3 is 5.11 Å². The molecule has 0 saturated carbocycles. The molecule has 0 radical (unpaired) electrons. The number of alkyl halides is 5. The Labute approximate surface area is 216 Å². The molecule has 1 aliphatic rings. The zero-order valence-electron chi connectivity index (χ0n) is 18.9. The van der Waals surface area contributed by atoms with Crippen molar-refractivity contribution in [3.05, 3.63) is 69.1 Å². The van der Waals surface area contributed by atoms with Crippen LogP contribution < -0.4 is 16.1 Å². The minimum absolute atomic E-state index is 0.153. The summed E-state index contributed by atoms with van der Waals surface area (Å²) >= 11 is 12.0. The van der Waals surface area contributed by atoms with Crippen LogP contribution in [0.2, 0.25) is 10.0 Å². The molecule has 3 aromatic rings. The number of hydrogen-bond acceptors (Lipinski definition) is 6. The van der Waals surface area contributed by atoms with Crippen LogP contribution >= 0.6 is 23.2 Å². The number of aliphatic hydroxyl groups excluding tert-OH is 1. The summed E-state index contributed by atoms with van der Waals surface area (Å²) in [7, 11) is 0. The summed E-state index contributed by atoms with van der Waals surface area (Å²) in [5.41, 5.74) is 2.15. The maximum atomic E-state index is 14.4. The van der Waals surface area contributed by atoms with Gasteiger partial charge in [0.15, 0.2) is 17.8 Å². The topological polar surface area (TPSA) is 87.7 Å². The van der Waals surface area contributed by atoms with E-state index in [1.807, 2.05) is 0 Å². The molecule has 2 atom stereocenters. The molecule has 1 aromatic heterocycles. The molecule has 1 unspecified atom stereocenters. The maximum absolute atomic E-state index is 14.4. The molecule has 1 aliphatic heterocycles. The molecule has 15 heteroatoms. The number of nitrogens with one attached hydrogen (secondary N) is 1. The number of amidine groups is 1. The lowest BCUT2D eigenvalue weighted by Crippen LogP contribution is -2.47. The van der Waals surface area contributed by atoms with E-state index in [2.05, 4.69) is 15.5 Å². The number of anilines is 1. The van der Waals surface area contributed by atoms with Gasteiger partial charge in [-0.15, -0.1) is 5.10 Å². The van der Waals surface area contributed by atoms with Crippen LogP contribution in [0.3, 0.4) is 0 Å². The van der Waals surface area contributed by atoms with Gasteiger partial charge in [0.25, 0.3) is 0 Å². The molecular weight excluding hydrogens is 546 g/mol. The smallest absolute Gasteiger partial charge is 0.382 e. The van der Waals surface area contributed by atoms with Crippen LogP contribution in [0.25, 0.3) is 11.4 Å². The highest BCUT2D eigenvalue weighted by Gasteiger charge is 2.42. The van der Waals surface area contributed by atoms with Crippen molar-refractivity contribution in [2.75, 3.05) is 5.01 Å². The minimum atomic E-state index is -4.99. The van der Waals surface area contributed by atoms with E-state index in [0.717, 1.165) is 9.69 Å². The number of benzene rings is 2. The minimum Gasteiger partial charge on any atom is -0.382 e. The van der Waals surface area contributed by atoms with Crippen LogP contribution in [0.1, 0.15) is 6.92 Å². The highest BCUT2D eigenvalue weighted by Crippen LogP contribution is 2.31. The van der Waals surface area contributed by atoms with Gasteiger partial charge in [0, 0.05) is 17.5 Å². The number of aromatic nitrogens is 3. The molecule has 8 nitrogen and oxygen atoms in total. The normalized spacial score (nSPS) is 17.3. The number of hydrazine groups is 1. The van der Waals surface area contributed by atoms with Gasteiger partial charge in [0.1, 0.15) is 6.17 Å². The summed E-state index contributed by atoms with van der Waals surface area (Å²) < 4.78 is 69.4. The fraction of sp³-hybridized carbons (Fsp3) is 0.318. The molecule has 37 heavy (non-hydrogen) atoms. The Morgan fingerprint density at radius 2 is 1.73 bits per heavy atom. The first-order valence-electron chi connectivity index (χ1n) is 10.7. The standard InChI is InChI=1S/C22H19Cl2F5N6O2/c1-21(25,26)19-30-17(31-35(19)15-5-3-2-4-14(15)24)11-34-20(37)33(10-16(36)22(27,28)29)18(32-34)12-6-8-13(23)9-7-12/h2-9,16-17,31,36H,10-11H2,1H3/t16-,17?/m0/s1. The second-order valence-corrected chi connectivity index (χ2v) is 9.08. The first kappa shape index (κ1) is 27.0. The van der Waals surface area contributed by atoms with Crippen molar-refractivity contribution in [3.63, 3.8) is 0 Å². The number of rotatable bonds is 7. The van der Waals surface area contributed by atoms with Crippen molar-refractivity contribution in [2.45, 2.75) is 44.4 Å². The predicted molar refractivity (Wildman–Crippen MR) is 128 cm³/mol. The second-order valence-electron chi connectivity index (χ2n) is 8.24. The summed E-state index contributed by atoms with van der Waals surface area (Å²) in [6.45, 7) is -0.918. The van der Waals surface area contributed by atoms with Gasteiger partial charge >= 0.3 is 17.8 Å². The molecule has 4 rings (SSSR count). The van der Waals surface area contributed by atoms with E-state index in [1.165, 1.54) is 36.4 Å². The number of aliphatic hydroxyl groups is 1. The van der Waals surface area contributed by atoms with Crippen LogP contribution in [0, 0.1) is 0 Å². The fourth-order valence-corrected chi connectivity index (χ4v) is 3.98. The summed E-state index contributed by atoms with van der Waals surface area (Å²) in [5, 5.41) is 15.2. The van der Waals surface area contributed by atoms with E-state index in [0.29, 0.717) is 16.5 Å². The van der Waals surface area contributed by atoms with Gasteiger partial charge in [0.2, 0.25) is 0 Å². The van der Waals surface area contributed by atoms with Gasteiger partial charge in [-0.05, 0) is 36.4 Å². The number of nitrogens with zero attached hydrogens (tertiary/aromatic N) is 5. The summed E-state index contributed by atoms with van der Waals surface area (Å²) in [4.78, 5) is 17.0. The van der Waals surface area contributed by atoms with Crippen molar-refractivity contribution < 1.29 is 27.1 Å². The third-order valence-corrected chi connectivity index (χ3v) is 5.93. The first-order valence-corrected chi connectivity index (χ1v) is 11.5. The highest BCUT2D eigenvalue weighted by molar-refractivity contribution is 6.34. The zero-order valence-corrected chi connectivity index (χ0v) is 20.4.